The first-order chi connectivity index (χ1) is 6.68. The number of para-hydroxylation sites is 1. The second-order valence-electron chi connectivity index (χ2n) is 4.38. The van der Waals surface area contributed by atoms with Crippen molar-refractivity contribution in [3.8, 4) is 0 Å². The summed E-state index contributed by atoms with van der Waals surface area (Å²) in [6, 6.07) is 6.78. The van der Waals surface area contributed by atoms with Gasteiger partial charge in [-0.1, -0.05) is 32.0 Å². The van der Waals surface area contributed by atoms with Gasteiger partial charge < -0.3 is 11.1 Å². The molecule has 0 aliphatic carbocycles. The molecule has 2 nitrogen and oxygen atoms in total. The highest BCUT2D eigenvalue weighted by Crippen LogP contribution is 2.30. The Morgan fingerprint density at radius 3 is 2.93 bits per heavy atom. The van der Waals surface area contributed by atoms with Crippen LogP contribution in [-0.2, 0) is 6.42 Å². The molecule has 76 valence electrons. The summed E-state index contributed by atoms with van der Waals surface area (Å²) in [4.78, 5) is 0. The van der Waals surface area contributed by atoms with Crippen molar-refractivity contribution in [2.75, 3.05) is 11.9 Å². The van der Waals surface area contributed by atoms with Crippen LogP contribution in [-0.4, -0.2) is 12.6 Å². The first-order valence-electron chi connectivity index (χ1n) is 5.29. The number of benzene rings is 1. The van der Waals surface area contributed by atoms with E-state index in [0.717, 1.165) is 13.0 Å². The fraction of sp³-hybridized carbons (Fsp3) is 0.500. The molecule has 2 heteroatoms. The molecule has 0 aromatic heterocycles. The summed E-state index contributed by atoms with van der Waals surface area (Å²) in [7, 11) is 0. The standard InChI is InChI=1S/C12H18N2/c1-8(2)11-5-3-4-9-6-10(13)7-14-12(9)11/h3-5,8,10,14H,6-7,13H2,1-2H3. The molecule has 0 spiro atoms. The van der Waals surface area contributed by atoms with Crippen LogP contribution in [0.2, 0.25) is 0 Å². The number of anilines is 1. The predicted molar refractivity (Wildman–Crippen MR) is 60.7 cm³/mol. The lowest BCUT2D eigenvalue weighted by atomic mass is 9.92. The molecule has 0 amide bonds. The van der Waals surface area contributed by atoms with Crippen LogP contribution < -0.4 is 11.1 Å². The third kappa shape index (κ3) is 1.62. The average molecular weight is 190 g/mol. The van der Waals surface area contributed by atoms with Crippen LogP contribution in [0.4, 0.5) is 5.69 Å². The molecule has 1 atom stereocenters. The Hall–Kier alpha value is -1.02. The highest BCUT2D eigenvalue weighted by Gasteiger charge is 2.18. The molecule has 3 N–H and O–H groups in total. The number of hydrogen-bond donors (Lipinski definition) is 2. The van der Waals surface area contributed by atoms with Crippen molar-refractivity contribution in [3.63, 3.8) is 0 Å². The highest BCUT2D eigenvalue weighted by atomic mass is 14.9. The number of nitrogens with two attached hydrogens (primary N) is 1. The van der Waals surface area contributed by atoms with Gasteiger partial charge in [-0.15, -0.1) is 0 Å². The molecule has 0 saturated carbocycles. The minimum Gasteiger partial charge on any atom is -0.383 e. The monoisotopic (exact) mass is 190 g/mol. The van der Waals surface area contributed by atoms with Gasteiger partial charge in [-0.2, -0.15) is 0 Å². The average Bonchev–Trinajstić information content (AvgIpc) is 2.16. The number of rotatable bonds is 1. The lowest BCUT2D eigenvalue weighted by Gasteiger charge is -2.26. The molecule has 0 bridgehead atoms. The molecule has 0 fully saturated rings. The van der Waals surface area contributed by atoms with E-state index < -0.39 is 0 Å². The van der Waals surface area contributed by atoms with Gasteiger partial charge in [-0.3, -0.25) is 0 Å². The van der Waals surface area contributed by atoms with Crippen molar-refractivity contribution < 1.29 is 0 Å². The number of nitrogens with one attached hydrogen (secondary N) is 1. The fourth-order valence-electron chi connectivity index (χ4n) is 2.07. The summed E-state index contributed by atoms with van der Waals surface area (Å²) in [6.45, 7) is 5.36. The Kier molecular flexibility index (Phi) is 2.46. The van der Waals surface area contributed by atoms with E-state index in [4.69, 9.17) is 5.73 Å². The van der Waals surface area contributed by atoms with Gasteiger partial charge in [0, 0.05) is 18.3 Å². The molecule has 1 aromatic carbocycles. The highest BCUT2D eigenvalue weighted by molar-refractivity contribution is 5.60. The van der Waals surface area contributed by atoms with E-state index in [9.17, 15) is 0 Å². The van der Waals surface area contributed by atoms with Gasteiger partial charge in [0.25, 0.3) is 0 Å². The Balaban J connectivity index is 2.41. The van der Waals surface area contributed by atoms with Crippen molar-refractivity contribution in [2.24, 2.45) is 5.73 Å². The molecule has 14 heavy (non-hydrogen) atoms. The normalized spacial score (nSPS) is 20.4. The Labute approximate surface area is 85.5 Å². The summed E-state index contributed by atoms with van der Waals surface area (Å²) in [5.41, 5.74) is 10.0. The topological polar surface area (TPSA) is 38.0 Å². The molecule has 0 radical (unpaired) electrons. The largest absolute Gasteiger partial charge is 0.383 e. The minimum absolute atomic E-state index is 0.268. The minimum atomic E-state index is 0.268. The maximum atomic E-state index is 5.91. The zero-order chi connectivity index (χ0) is 10.1. The van der Waals surface area contributed by atoms with Gasteiger partial charge in [-0.25, -0.2) is 0 Å². The van der Waals surface area contributed by atoms with E-state index in [1.54, 1.807) is 0 Å². The van der Waals surface area contributed by atoms with Gasteiger partial charge in [0.1, 0.15) is 0 Å². The third-order valence-corrected chi connectivity index (χ3v) is 2.83. The first kappa shape index (κ1) is 9.53. The second-order valence-corrected chi connectivity index (χ2v) is 4.38. The lowest BCUT2D eigenvalue weighted by Crippen LogP contribution is -2.35. The van der Waals surface area contributed by atoms with E-state index in [-0.39, 0.29) is 6.04 Å². The maximum Gasteiger partial charge on any atom is 0.0409 e. The first-order valence-corrected chi connectivity index (χ1v) is 5.29. The van der Waals surface area contributed by atoms with Gasteiger partial charge in [0.05, 0.1) is 0 Å². The third-order valence-electron chi connectivity index (χ3n) is 2.83. The van der Waals surface area contributed by atoms with Gasteiger partial charge >= 0.3 is 0 Å². The van der Waals surface area contributed by atoms with Crippen LogP contribution in [0.5, 0.6) is 0 Å². The second kappa shape index (κ2) is 3.62. The van der Waals surface area contributed by atoms with Crippen molar-refractivity contribution in [3.05, 3.63) is 29.3 Å². The van der Waals surface area contributed by atoms with Gasteiger partial charge in [-0.05, 0) is 23.5 Å². The van der Waals surface area contributed by atoms with Crippen LogP contribution in [0.3, 0.4) is 0 Å². The van der Waals surface area contributed by atoms with Crippen molar-refractivity contribution in [2.45, 2.75) is 32.2 Å². The molecule has 1 aromatic rings. The molecular weight excluding hydrogens is 172 g/mol. The lowest BCUT2D eigenvalue weighted by molar-refractivity contribution is 0.675. The number of hydrogen-bond acceptors (Lipinski definition) is 2. The molecule has 1 heterocycles. The van der Waals surface area contributed by atoms with Crippen molar-refractivity contribution in [1.29, 1.82) is 0 Å². The molecule has 2 rings (SSSR count). The van der Waals surface area contributed by atoms with Crippen LogP contribution in [0.1, 0.15) is 30.9 Å². The number of fused-ring (bicyclic) bond motifs is 1. The quantitative estimate of drug-likeness (QED) is 0.711. The molecule has 1 unspecified atom stereocenters. The molecule has 0 saturated heterocycles. The van der Waals surface area contributed by atoms with E-state index in [1.807, 2.05) is 0 Å². The summed E-state index contributed by atoms with van der Waals surface area (Å²) < 4.78 is 0. The Bertz CT molecular complexity index is 331. The van der Waals surface area contributed by atoms with E-state index >= 15 is 0 Å². The maximum absolute atomic E-state index is 5.91. The smallest absolute Gasteiger partial charge is 0.0409 e. The van der Waals surface area contributed by atoms with E-state index in [2.05, 4.69) is 37.4 Å². The van der Waals surface area contributed by atoms with Crippen LogP contribution in [0.15, 0.2) is 18.2 Å². The molecular formula is C12H18N2. The zero-order valence-corrected chi connectivity index (χ0v) is 8.88. The van der Waals surface area contributed by atoms with E-state index in [1.165, 1.54) is 16.8 Å². The van der Waals surface area contributed by atoms with Crippen molar-refractivity contribution >= 4 is 5.69 Å². The Morgan fingerprint density at radius 2 is 2.21 bits per heavy atom. The fourth-order valence-corrected chi connectivity index (χ4v) is 2.07. The summed E-state index contributed by atoms with van der Waals surface area (Å²) in [5.74, 6) is 0.576. The molecule has 1 aliphatic heterocycles. The summed E-state index contributed by atoms with van der Waals surface area (Å²) >= 11 is 0. The van der Waals surface area contributed by atoms with Gasteiger partial charge in [0.2, 0.25) is 0 Å². The summed E-state index contributed by atoms with van der Waals surface area (Å²) in [6.07, 6.45) is 1.00. The molecule has 1 aliphatic rings. The van der Waals surface area contributed by atoms with E-state index in [0.29, 0.717) is 5.92 Å². The predicted octanol–water partition coefficient (Wildman–Crippen LogP) is 2.11. The summed E-state index contributed by atoms with van der Waals surface area (Å²) in [5, 5.41) is 3.44. The van der Waals surface area contributed by atoms with Crippen LogP contribution in [0, 0.1) is 0 Å². The van der Waals surface area contributed by atoms with Gasteiger partial charge in [0.15, 0.2) is 0 Å². The SMILES string of the molecule is CC(C)c1cccc2c1NCC(N)C2. The van der Waals surface area contributed by atoms with Crippen LogP contribution in [0.25, 0.3) is 0 Å². The van der Waals surface area contributed by atoms with Crippen LogP contribution >= 0.6 is 0 Å². The Morgan fingerprint density at radius 1 is 1.43 bits per heavy atom. The zero-order valence-electron chi connectivity index (χ0n) is 8.88. The van der Waals surface area contributed by atoms with Crippen molar-refractivity contribution in [1.82, 2.24) is 0 Å².